The van der Waals surface area contributed by atoms with E-state index in [0.29, 0.717) is 0 Å². The molecule has 0 bridgehead atoms. The molecule has 0 unspecified atom stereocenters. The van der Waals surface area contributed by atoms with Crippen molar-refractivity contribution in [2.24, 2.45) is 0 Å². The Morgan fingerprint density at radius 2 is 2.00 bits per heavy atom. The summed E-state index contributed by atoms with van der Waals surface area (Å²) < 4.78 is 5.87. The number of rotatable bonds is 1. The van der Waals surface area contributed by atoms with E-state index in [1.54, 1.807) is 0 Å². The van der Waals surface area contributed by atoms with Gasteiger partial charge in [0.1, 0.15) is 4.88 Å². The Balaban J connectivity index is 2.46. The van der Waals surface area contributed by atoms with Gasteiger partial charge in [0.05, 0.1) is 10.9 Å². The molecule has 76 valence electrons. The number of hydrogen-bond donors (Lipinski definition) is 0. The normalized spacial score (nSPS) is 15.0. The van der Waals surface area contributed by atoms with Crippen LogP contribution in [0.3, 0.4) is 0 Å². The van der Waals surface area contributed by atoms with Crippen LogP contribution in [0.1, 0.15) is 33.6 Å². The molecule has 1 aromatic heterocycles. The molecule has 0 atom stereocenters. The minimum Gasteiger partial charge on any atom is -0.465 e. The molecule has 4 heteroatoms. The van der Waals surface area contributed by atoms with Crippen LogP contribution in [0.2, 0.25) is 0 Å². The first kappa shape index (κ1) is 10.2. The molecule has 0 aromatic carbocycles. The van der Waals surface area contributed by atoms with Gasteiger partial charge in [0.2, 0.25) is 0 Å². The maximum absolute atomic E-state index is 11.5. The molecule has 2 nitrogen and oxygen atoms in total. The molecular weight excluding hydrogens is 264 g/mol. The average molecular weight is 275 g/mol. The predicted molar refractivity (Wildman–Crippen MR) is 60.0 cm³/mol. The molecule has 14 heavy (non-hydrogen) atoms. The molecule has 1 heterocycles. The summed E-state index contributed by atoms with van der Waals surface area (Å²) in [5, 5.41) is 0. The topological polar surface area (TPSA) is 26.3 Å². The standard InChI is InChI=1S/C10H11BrO2S/c1-13-10(12)8-6-4-2-3-5-7(6)9(11)14-8/h2-5H2,1H3. The van der Waals surface area contributed by atoms with Crippen LogP contribution in [0.15, 0.2) is 3.79 Å². The minimum absolute atomic E-state index is 0.196. The Bertz CT molecular complexity index is 370. The Kier molecular flexibility index (Phi) is 2.93. The third-order valence-corrected chi connectivity index (χ3v) is 4.55. The summed E-state index contributed by atoms with van der Waals surface area (Å²) in [6.07, 6.45) is 4.51. The van der Waals surface area contributed by atoms with Crippen molar-refractivity contribution in [2.75, 3.05) is 7.11 Å². The first-order chi connectivity index (χ1) is 6.74. The zero-order valence-corrected chi connectivity index (χ0v) is 10.3. The summed E-state index contributed by atoms with van der Waals surface area (Å²) in [5.74, 6) is -0.196. The van der Waals surface area contributed by atoms with Crippen molar-refractivity contribution < 1.29 is 9.53 Å². The summed E-state index contributed by atoms with van der Waals surface area (Å²) in [4.78, 5) is 12.3. The maximum atomic E-state index is 11.5. The van der Waals surface area contributed by atoms with E-state index in [1.807, 2.05) is 0 Å². The van der Waals surface area contributed by atoms with Gasteiger partial charge in [0.25, 0.3) is 0 Å². The van der Waals surface area contributed by atoms with Gasteiger partial charge in [-0.05, 0) is 52.7 Å². The van der Waals surface area contributed by atoms with E-state index in [0.717, 1.165) is 21.5 Å². The second-order valence-electron chi connectivity index (χ2n) is 3.36. The van der Waals surface area contributed by atoms with E-state index in [1.165, 1.54) is 42.4 Å². The number of carbonyl (C=O) groups is 1. The molecule has 1 aromatic rings. The van der Waals surface area contributed by atoms with Crippen LogP contribution in [-0.4, -0.2) is 13.1 Å². The first-order valence-electron chi connectivity index (χ1n) is 4.62. The molecule has 0 saturated heterocycles. The maximum Gasteiger partial charge on any atom is 0.348 e. The van der Waals surface area contributed by atoms with Gasteiger partial charge < -0.3 is 4.74 Å². The van der Waals surface area contributed by atoms with Crippen LogP contribution in [0.25, 0.3) is 0 Å². The van der Waals surface area contributed by atoms with Gasteiger partial charge in [-0.2, -0.15) is 0 Å². The molecule has 0 fully saturated rings. The van der Waals surface area contributed by atoms with Crippen LogP contribution in [-0.2, 0) is 17.6 Å². The Morgan fingerprint density at radius 1 is 1.36 bits per heavy atom. The van der Waals surface area contributed by atoms with Gasteiger partial charge in [-0.25, -0.2) is 4.79 Å². The van der Waals surface area contributed by atoms with Gasteiger partial charge >= 0.3 is 5.97 Å². The van der Waals surface area contributed by atoms with Gasteiger partial charge in [0.15, 0.2) is 0 Å². The smallest absolute Gasteiger partial charge is 0.348 e. The van der Waals surface area contributed by atoms with Crippen LogP contribution in [0.5, 0.6) is 0 Å². The first-order valence-corrected chi connectivity index (χ1v) is 6.23. The van der Waals surface area contributed by atoms with Crippen molar-refractivity contribution >= 4 is 33.2 Å². The summed E-state index contributed by atoms with van der Waals surface area (Å²) >= 11 is 5.02. The second kappa shape index (κ2) is 4.03. The van der Waals surface area contributed by atoms with Crippen molar-refractivity contribution in [3.63, 3.8) is 0 Å². The number of ether oxygens (including phenoxy) is 1. The molecule has 0 spiro atoms. The average Bonchev–Trinajstić information content (AvgIpc) is 2.56. The molecule has 2 rings (SSSR count). The highest BCUT2D eigenvalue weighted by Gasteiger charge is 2.23. The lowest BCUT2D eigenvalue weighted by Gasteiger charge is -2.12. The van der Waals surface area contributed by atoms with E-state index >= 15 is 0 Å². The van der Waals surface area contributed by atoms with Crippen molar-refractivity contribution in [3.8, 4) is 0 Å². The number of carbonyl (C=O) groups excluding carboxylic acids is 1. The quantitative estimate of drug-likeness (QED) is 0.736. The number of fused-ring (bicyclic) bond motifs is 1. The summed E-state index contributed by atoms with van der Waals surface area (Å²) in [6.45, 7) is 0. The van der Waals surface area contributed by atoms with Gasteiger partial charge in [-0.15, -0.1) is 11.3 Å². The molecule has 0 amide bonds. The van der Waals surface area contributed by atoms with Gasteiger partial charge in [-0.3, -0.25) is 0 Å². The molecule has 0 N–H and O–H groups in total. The Morgan fingerprint density at radius 3 is 2.64 bits per heavy atom. The molecule has 1 aliphatic carbocycles. The fraction of sp³-hybridized carbons (Fsp3) is 0.500. The van der Waals surface area contributed by atoms with Crippen molar-refractivity contribution in [2.45, 2.75) is 25.7 Å². The van der Waals surface area contributed by atoms with E-state index in [2.05, 4.69) is 15.9 Å². The van der Waals surface area contributed by atoms with Crippen molar-refractivity contribution in [1.29, 1.82) is 0 Å². The minimum atomic E-state index is -0.196. The molecule has 0 saturated carbocycles. The number of esters is 1. The lowest BCUT2D eigenvalue weighted by atomic mass is 9.94. The number of thiophene rings is 1. The molecule has 0 aliphatic heterocycles. The van der Waals surface area contributed by atoms with Gasteiger partial charge in [0, 0.05) is 0 Å². The Hall–Kier alpha value is -0.350. The van der Waals surface area contributed by atoms with Crippen LogP contribution >= 0.6 is 27.3 Å². The highest BCUT2D eigenvalue weighted by Crippen LogP contribution is 2.38. The monoisotopic (exact) mass is 274 g/mol. The summed E-state index contributed by atoms with van der Waals surface area (Å²) in [7, 11) is 1.44. The summed E-state index contributed by atoms with van der Waals surface area (Å²) in [6, 6.07) is 0. The largest absolute Gasteiger partial charge is 0.465 e. The predicted octanol–water partition coefficient (Wildman–Crippen LogP) is 3.18. The Labute approximate surface area is 95.4 Å². The third-order valence-electron chi connectivity index (χ3n) is 2.54. The van der Waals surface area contributed by atoms with Crippen molar-refractivity contribution in [1.82, 2.24) is 0 Å². The molecule has 1 aliphatic rings. The number of hydrogen-bond acceptors (Lipinski definition) is 3. The SMILES string of the molecule is COC(=O)c1sc(Br)c2c1CCCC2. The van der Waals surface area contributed by atoms with Crippen LogP contribution in [0.4, 0.5) is 0 Å². The van der Waals surface area contributed by atoms with Crippen LogP contribution < -0.4 is 0 Å². The van der Waals surface area contributed by atoms with E-state index in [4.69, 9.17) is 4.74 Å². The fourth-order valence-corrected chi connectivity index (χ4v) is 3.81. The third kappa shape index (κ3) is 1.61. The zero-order valence-electron chi connectivity index (χ0n) is 7.93. The van der Waals surface area contributed by atoms with E-state index in [-0.39, 0.29) is 5.97 Å². The van der Waals surface area contributed by atoms with E-state index < -0.39 is 0 Å². The molecular formula is C10H11BrO2S. The van der Waals surface area contributed by atoms with E-state index in [9.17, 15) is 4.79 Å². The highest BCUT2D eigenvalue weighted by atomic mass is 79.9. The zero-order chi connectivity index (χ0) is 10.1. The summed E-state index contributed by atoms with van der Waals surface area (Å²) in [5.41, 5.74) is 2.53. The number of halogens is 1. The second-order valence-corrected chi connectivity index (χ2v) is 5.70. The highest BCUT2D eigenvalue weighted by molar-refractivity contribution is 9.11. The lowest BCUT2D eigenvalue weighted by molar-refractivity contribution is 0.0605. The fourth-order valence-electron chi connectivity index (χ4n) is 1.84. The molecule has 0 radical (unpaired) electrons. The van der Waals surface area contributed by atoms with Crippen molar-refractivity contribution in [3.05, 3.63) is 19.8 Å². The van der Waals surface area contributed by atoms with Gasteiger partial charge in [-0.1, -0.05) is 0 Å². The number of methoxy groups -OCH3 is 1. The lowest BCUT2D eigenvalue weighted by Crippen LogP contribution is -2.06. The van der Waals surface area contributed by atoms with Crippen LogP contribution in [0, 0.1) is 0 Å².